The van der Waals surface area contributed by atoms with Crippen molar-refractivity contribution in [1.82, 2.24) is 5.32 Å². The molecule has 0 saturated carbocycles. The molecule has 1 aliphatic heterocycles. The van der Waals surface area contributed by atoms with Gasteiger partial charge in [-0.15, -0.1) is 0 Å². The fourth-order valence-electron chi connectivity index (χ4n) is 1.30. The van der Waals surface area contributed by atoms with Crippen molar-refractivity contribution in [2.45, 2.75) is 6.04 Å². The first-order valence-corrected chi connectivity index (χ1v) is 3.88. The summed E-state index contributed by atoms with van der Waals surface area (Å²) in [6.07, 6.45) is 0. The van der Waals surface area contributed by atoms with Crippen molar-refractivity contribution in [3.05, 3.63) is 29.6 Å². The van der Waals surface area contributed by atoms with Crippen molar-refractivity contribution >= 4 is 0 Å². The standard InChI is InChI=1S/C9H10FNO/c1-12-8-4-2-3-6(10)9(8)7-5-11-7/h2-4,7,11H,5H2,1H3/t7-/m1/s1. The Labute approximate surface area is 70.3 Å². The Balaban J connectivity index is 2.45. The fourth-order valence-corrected chi connectivity index (χ4v) is 1.30. The van der Waals surface area contributed by atoms with Gasteiger partial charge in [0.1, 0.15) is 11.6 Å². The number of rotatable bonds is 2. The molecule has 1 aromatic carbocycles. The lowest BCUT2D eigenvalue weighted by atomic mass is 10.1. The minimum absolute atomic E-state index is 0.154. The Kier molecular flexibility index (Phi) is 1.73. The quantitative estimate of drug-likeness (QED) is 0.676. The van der Waals surface area contributed by atoms with Gasteiger partial charge in [0.25, 0.3) is 0 Å². The average molecular weight is 167 g/mol. The molecule has 0 aromatic heterocycles. The van der Waals surface area contributed by atoms with Gasteiger partial charge in [-0.25, -0.2) is 4.39 Å². The maximum atomic E-state index is 13.2. The Bertz CT molecular complexity index is 297. The second kappa shape index (κ2) is 2.75. The molecule has 0 radical (unpaired) electrons. The monoisotopic (exact) mass is 167 g/mol. The number of halogens is 1. The normalized spacial score (nSPS) is 20.7. The van der Waals surface area contributed by atoms with E-state index in [9.17, 15) is 4.39 Å². The minimum atomic E-state index is -0.190. The zero-order valence-corrected chi connectivity index (χ0v) is 6.80. The van der Waals surface area contributed by atoms with Crippen molar-refractivity contribution in [2.75, 3.05) is 13.7 Å². The highest BCUT2D eigenvalue weighted by atomic mass is 19.1. The van der Waals surface area contributed by atoms with E-state index in [0.717, 1.165) is 6.54 Å². The molecule has 0 amide bonds. The van der Waals surface area contributed by atoms with Crippen LogP contribution in [0.3, 0.4) is 0 Å². The summed E-state index contributed by atoms with van der Waals surface area (Å²) in [6, 6.07) is 5.04. The smallest absolute Gasteiger partial charge is 0.131 e. The number of nitrogens with one attached hydrogen (secondary N) is 1. The highest BCUT2D eigenvalue weighted by Crippen LogP contribution is 2.32. The van der Waals surface area contributed by atoms with E-state index in [-0.39, 0.29) is 11.9 Å². The number of hydrogen-bond acceptors (Lipinski definition) is 2. The third-order valence-electron chi connectivity index (χ3n) is 1.99. The Morgan fingerprint density at radius 3 is 2.92 bits per heavy atom. The second-order valence-corrected chi connectivity index (χ2v) is 2.82. The molecule has 1 aromatic rings. The van der Waals surface area contributed by atoms with Crippen LogP contribution < -0.4 is 10.1 Å². The molecule has 1 saturated heterocycles. The van der Waals surface area contributed by atoms with Gasteiger partial charge < -0.3 is 10.1 Å². The topological polar surface area (TPSA) is 31.2 Å². The second-order valence-electron chi connectivity index (χ2n) is 2.82. The molecule has 1 heterocycles. The van der Waals surface area contributed by atoms with Crippen LogP contribution in [0.15, 0.2) is 18.2 Å². The van der Waals surface area contributed by atoms with Gasteiger partial charge in [0.05, 0.1) is 13.2 Å². The lowest BCUT2D eigenvalue weighted by Crippen LogP contribution is -1.95. The van der Waals surface area contributed by atoms with Crippen LogP contribution in [-0.4, -0.2) is 13.7 Å². The van der Waals surface area contributed by atoms with Crippen LogP contribution in [0.2, 0.25) is 0 Å². The lowest BCUT2D eigenvalue weighted by Gasteiger charge is -2.06. The molecular formula is C9H10FNO. The molecule has 3 heteroatoms. The Morgan fingerprint density at radius 1 is 1.58 bits per heavy atom. The summed E-state index contributed by atoms with van der Waals surface area (Å²) in [6.45, 7) is 0.845. The number of hydrogen-bond donors (Lipinski definition) is 1. The van der Waals surface area contributed by atoms with Crippen LogP contribution in [-0.2, 0) is 0 Å². The maximum Gasteiger partial charge on any atom is 0.131 e. The summed E-state index contributed by atoms with van der Waals surface area (Å²) in [5, 5.41) is 3.05. The van der Waals surface area contributed by atoms with Gasteiger partial charge in [-0.05, 0) is 12.1 Å². The summed E-state index contributed by atoms with van der Waals surface area (Å²) >= 11 is 0. The average Bonchev–Trinajstić information content (AvgIpc) is 2.87. The Morgan fingerprint density at radius 2 is 2.33 bits per heavy atom. The van der Waals surface area contributed by atoms with Crippen LogP contribution >= 0.6 is 0 Å². The third kappa shape index (κ3) is 1.16. The molecule has 2 rings (SSSR count). The molecule has 2 nitrogen and oxygen atoms in total. The van der Waals surface area contributed by atoms with Crippen molar-refractivity contribution in [3.63, 3.8) is 0 Å². The maximum absolute atomic E-state index is 13.2. The van der Waals surface area contributed by atoms with E-state index in [2.05, 4.69) is 5.32 Å². The Hall–Kier alpha value is -1.09. The van der Waals surface area contributed by atoms with Crippen LogP contribution in [0.1, 0.15) is 11.6 Å². The molecule has 1 aliphatic rings. The van der Waals surface area contributed by atoms with Crippen LogP contribution in [0, 0.1) is 5.82 Å². The fraction of sp³-hybridized carbons (Fsp3) is 0.333. The van der Waals surface area contributed by atoms with Gasteiger partial charge in [-0.1, -0.05) is 6.07 Å². The molecule has 0 bridgehead atoms. The van der Waals surface area contributed by atoms with Crippen LogP contribution in [0.4, 0.5) is 4.39 Å². The van der Waals surface area contributed by atoms with Gasteiger partial charge in [0, 0.05) is 12.1 Å². The third-order valence-corrected chi connectivity index (χ3v) is 1.99. The van der Waals surface area contributed by atoms with E-state index in [4.69, 9.17) is 4.74 Å². The molecule has 0 unspecified atom stereocenters. The van der Waals surface area contributed by atoms with Gasteiger partial charge in [0.15, 0.2) is 0 Å². The molecular weight excluding hydrogens is 157 g/mol. The van der Waals surface area contributed by atoms with Crippen molar-refractivity contribution in [1.29, 1.82) is 0 Å². The summed E-state index contributed by atoms with van der Waals surface area (Å²) in [5.74, 6) is 0.439. The molecule has 12 heavy (non-hydrogen) atoms. The highest BCUT2D eigenvalue weighted by molar-refractivity contribution is 5.39. The lowest BCUT2D eigenvalue weighted by molar-refractivity contribution is 0.404. The van der Waals surface area contributed by atoms with Crippen LogP contribution in [0.5, 0.6) is 5.75 Å². The molecule has 1 N–H and O–H groups in total. The zero-order chi connectivity index (χ0) is 8.55. The summed E-state index contributed by atoms with van der Waals surface area (Å²) in [5.41, 5.74) is 0.653. The van der Waals surface area contributed by atoms with E-state index in [1.807, 2.05) is 0 Å². The van der Waals surface area contributed by atoms with E-state index < -0.39 is 0 Å². The first kappa shape index (κ1) is 7.55. The van der Waals surface area contributed by atoms with E-state index in [1.165, 1.54) is 6.07 Å². The molecule has 0 spiro atoms. The van der Waals surface area contributed by atoms with Crippen molar-refractivity contribution in [3.8, 4) is 5.75 Å². The van der Waals surface area contributed by atoms with Gasteiger partial charge in [0.2, 0.25) is 0 Å². The minimum Gasteiger partial charge on any atom is -0.496 e. The SMILES string of the molecule is COc1cccc(F)c1[C@H]1CN1. The zero-order valence-electron chi connectivity index (χ0n) is 6.80. The number of methoxy groups -OCH3 is 1. The largest absolute Gasteiger partial charge is 0.496 e. The molecule has 1 fully saturated rings. The van der Waals surface area contributed by atoms with E-state index >= 15 is 0 Å². The number of ether oxygens (including phenoxy) is 1. The molecule has 1 atom stereocenters. The predicted molar refractivity (Wildman–Crippen MR) is 43.7 cm³/mol. The summed E-state index contributed by atoms with van der Waals surface area (Å²) in [7, 11) is 1.56. The highest BCUT2D eigenvalue weighted by Gasteiger charge is 2.28. The van der Waals surface area contributed by atoms with E-state index in [0.29, 0.717) is 11.3 Å². The first-order valence-electron chi connectivity index (χ1n) is 3.88. The molecule has 64 valence electrons. The van der Waals surface area contributed by atoms with Gasteiger partial charge in [-0.3, -0.25) is 0 Å². The predicted octanol–water partition coefficient (Wildman–Crippen LogP) is 1.48. The summed E-state index contributed by atoms with van der Waals surface area (Å²) < 4.78 is 18.3. The van der Waals surface area contributed by atoms with Crippen LogP contribution in [0.25, 0.3) is 0 Å². The molecule has 0 aliphatic carbocycles. The number of benzene rings is 1. The van der Waals surface area contributed by atoms with Crippen molar-refractivity contribution < 1.29 is 9.13 Å². The van der Waals surface area contributed by atoms with Gasteiger partial charge in [-0.2, -0.15) is 0 Å². The first-order chi connectivity index (χ1) is 5.83. The van der Waals surface area contributed by atoms with Crippen molar-refractivity contribution in [2.24, 2.45) is 0 Å². The van der Waals surface area contributed by atoms with Gasteiger partial charge >= 0.3 is 0 Å². The van der Waals surface area contributed by atoms with E-state index in [1.54, 1.807) is 19.2 Å². The summed E-state index contributed by atoms with van der Waals surface area (Å²) in [4.78, 5) is 0.